The van der Waals surface area contributed by atoms with Gasteiger partial charge in [-0.25, -0.2) is 0 Å². The van der Waals surface area contributed by atoms with Crippen molar-refractivity contribution in [2.75, 3.05) is 13.6 Å². The van der Waals surface area contributed by atoms with Gasteiger partial charge in [0.2, 0.25) is 0 Å². The van der Waals surface area contributed by atoms with Crippen LogP contribution in [0.3, 0.4) is 0 Å². The smallest absolute Gasteiger partial charge is 0.172 e. The summed E-state index contributed by atoms with van der Waals surface area (Å²) >= 11 is 1.52. The Bertz CT molecular complexity index is 516. The third-order valence-corrected chi connectivity index (χ3v) is 3.87. The van der Waals surface area contributed by atoms with E-state index in [2.05, 4.69) is 4.90 Å². The SMILES string of the molecule is Cc1ccc(CN(C)CCCC(=O)c2cccs2)o1. The molecule has 2 rings (SSSR count). The molecule has 0 spiro atoms. The highest BCUT2D eigenvalue weighted by Gasteiger charge is 2.08. The largest absolute Gasteiger partial charge is 0.465 e. The number of thiophene rings is 1. The van der Waals surface area contributed by atoms with E-state index in [-0.39, 0.29) is 5.78 Å². The van der Waals surface area contributed by atoms with Crippen LogP contribution in [0.5, 0.6) is 0 Å². The van der Waals surface area contributed by atoms with Gasteiger partial charge in [0.25, 0.3) is 0 Å². The first-order valence-electron chi connectivity index (χ1n) is 6.46. The van der Waals surface area contributed by atoms with Crippen molar-refractivity contribution in [3.63, 3.8) is 0 Å². The van der Waals surface area contributed by atoms with E-state index in [0.717, 1.165) is 35.9 Å². The fourth-order valence-corrected chi connectivity index (χ4v) is 2.68. The van der Waals surface area contributed by atoms with E-state index in [4.69, 9.17) is 4.42 Å². The molecule has 0 saturated heterocycles. The Morgan fingerprint density at radius 3 is 2.84 bits per heavy atom. The zero-order valence-electron chi connectivity index (χ0n) is 11.4. The number of nitrogens with zero attached hydrogens (tertiary/aromatic N) is 1. The lowest BCUT2D eigenvalue weighted by Gasteiger charge is -2.14. The highest BCUT2D eigenvalue weighted by Crippen LogP contribution is 2.13. The van der Waals surface area contributed by atoms with Gasteiger partial charge in [-0.2, -0.15) is 0 Å². The number of hydrogen-bond acceptors (Lipinski definition) is 4. The lowest BCUT2D eigenvalue weighted by Crippen LogP contribution is -2.19. The van der Waals surface area contributed by atoms with Crippen LogP contribution in [0.4, 0.5) is 0 Å². The number of ketones is 1. The van der Waals surface area contributed by atoms with E-state index in [1.165, 1.54) is 11.3 Å². The number of furan rings is 1. The van der Waals surface area contributed by atoms with Crippen LogP contribution >= 0.6 is 11.3 Å². The van der Waals surface area contributed by atoms with Gasteiger partial charge < -0.3 is 4.42 Å². The van der Waals surface area contributed by atoms with Gasteiger partial charge in [0.05, 0.1) is 11.4 Å². The molecule has 0 aliphatic carbocycles. The fourth-order valence-electron chi connectivity index (χ4n) is 1.99. The van der Waals surface area contributed by atoms with Gasteiger partial charge in [0.1, 0.15) is 11.5 Å². The third kappa shape index (κ3) is 4.33. The quantitative estimate of drug-likeness (QED) is 0.723. The monoisotopic (exact) mass is 277 g/mol. The standard InChI is InChI=1S/C15H19NO2S/c1-12-7-8-13(18-12)11-16(2)9-3-5-14(17)15-6-4-10-19-15/h4,6-8,10H,3,5,9,11H2,1-2H3. The molecule has 0 saturated carbocycles. The van der Waals surface area contributed by atoms with Crippen LogP contribution in [0.25, 0.3) is 0 Å². The maximum Gasteiger partial charge on any atom is 0.172 e. The molecule has 0 radical (unpaired) electrons. The van der Waals surface area contributed by atoms with Crippen LogP contribution in [0.1, 0.15) is 34.0 Å². The molecule has 19 heavy (non-hydrogen) atoms. The van der Waals surface area contributed by atoms with E-state index in [1.54, 1.807) is 0 Å². The molecule has 0 aliphatic rings. The molecule has 2 aromatic heterocycles. The molecule has 3 nitrogen and oxygen atoms in total. The van der Waals surface area contributed by atoms with Crippen molar-refractivity contribution in [2.24, 2.45) is 0 Å². The van der Waals surface area contributed by atoms with Gasteiger partial charge in [-0.3, -0.25) is 9.69 Å². The number of hydrogen-bond donors (Lipinski definition) is 0. The maximum absolute atomic E-state index is 11.8. The summed E-state index contributed by atoms with van der Waals surface area (Å²) in [6.45, 7) is 3.64. The summed E-state index contributed by atoms with van der Waals surface area (Å²) in [6.07, 6.45) is 1.49. The number of carbonyl (C=O) groups excluding carboxylic acids is 1. The molecule has 0 unspecified atom stereocenters. The summed E-state index contributed by atoms with van der Waals surface area (Å²) in [5.41, 5.74) is 0. The lowest BCUT2D eigenvalue weighted by atomic mass is 10.2. The van der Waals surface area contributed by atoms with Crippen molar-refractivity contribution in [1.82, 2.24) is 4.90 Å². The predicted octanol–water partition coefficient (Wildman–Crippen LogP) is 3.74. The van der Waals surface area contributed by atoms with Gasteiger partial charge in [0, 0.05) is 6.42 Å². The molecule has 0 aromatic carbocycles. The fraction of sp³-hybridized carbons (Fsp3) is 0.400. The van der Waals surface area contributed by atoms with Crippen LogP contribution in [-0.4, -0.2) is 24.3 Å². The maximum atomic E-state index is 11.8. The van der Waals surface area contributed by atoms with Crippen molar-refractivity contribution in [1.29, 1.82) is 0 Å². The Labute approximate surface area is 117 Å². The number of Topliss-reactive ketones (excluding diaryl/α,β-unsaturated/α-hetero) is 1. The first kappa shape index (κ1) is 14.0. The molecule has 0 aliphatic heterocycles. The minimum absolute atomic E-state index is 0.247. The second-order valence-electron chi connectivity index (χ2n) is 4.75. The van der Waals surface area contributed by atoms with Crippen LogP contribution in [0, 0.1) is 6.92 Å². The van der Waals surface area contributed by atoms with Gasteiger partial charge >= 0.3 is 0 Å². The van der Waals surface area contributed by atoms with Gasteiger partial charge in [-0.05, 0) is 50.5 Å². The first-order valence-corrected chi connectivity index (χ1v) is 7.33. The molecule has 0 amide bonds. The molecular formula is C15H19NO2S. The number of aryl methyl sites for hydroxylation is 1. The van der Waals surface area contributed by atoms with Gasteiger partial charge in [0.15, 0.2) is 5.78 Å². The van der Waals surface area contributed by atoms with Crippen molar-refractivity contribution < 1.29 is 9.21 Å². The summed E-state index contributed by atoms with van der Waals surface area (Å²) < 4.78 is 5.53. The summed E-state index contributed by atoms with van der Waals surface area (Å²) in [4.78, 5) is 14.9. The van der Waals surface area contributed by atoms with Crippen LogP contribution < -0.4 is 0 Å². The van der Waals surface area contributed by atoms with Crippen molar-refractivity contribution in [3.05, 3.63) is 46.0 Å². The Balaban J connectivity index is 1.69. The highest BCUT2D eigenvalue weighted by atomic mass is 32.1. The minimum Gasteiger partial charge on any atom is -0.465 e. The minimum atomic E-state index is 0.247. The van der Waals surface area contributed by atoms with E-state index in [9.17, 15) is 4.79 Å². The van der Waals surface area contributed by atoms with Crippen LogP contribution in [-0.2, 0) is 6.54 Å². The Morgan fingerprint density at radius 2 is 2.21 bits per heavy atom. The van der Waals surface area contributed by atoms with E-state index in [1.807, 2.05) is 43.6 Å². The molecule has 0 fully saturated rings. The molecule has 0 N–H and O–H groups in total. The number of rotatable bonds is 7. The molecule has 2 aromatic rings. The molecular weight excluding hydrogens is 258 g/mol. The molecule has 0 atom stereocenters. The summed E-state index contributed by atoms with van der Waals surface area (Å²) in [6, 6.07) is 7.79. The zero-order valence-corrected chi connectivity index (χ0v) is 12.2. The van der Waals surface area contributed by atoms with E-state index < -0.39 is 0 Å². The van der Waals surface area contributed by atoms with Crippen molar-refractivity contribution >= 4 is 17.1 Å². The lowest BCUT2D eigenvalue weighted by molar-refractivity contribution is 0.0979. The summed E-state index contributed by atoms with van der Waals surface area (Å²) in [5, 5.41) is 1.94. The third-order valence-electron chi connectivity index (χ3n) is 2.96. The highest BCUT2D eigenvalue weighted by molar-refractivity contribution is 7.12. The molecule has 0 bridgehead atoms. The normalized spacial score (nSPS) is 11.1. The first-order chi connectivity index (χ1) is 9.15. The average molecular weight is 277 g/mol. The van der Waals surface area contributed by atoms with E-state index >= 15 is 0 Å². The predicted molar refractivity (Wildman–Crippen MR) is 77.7 cm³/mol. The van der Waals surface area contributed by atoms with Crippen LogP contribution in [0.15, 0.2) is 34.1 Å². The van der Waals surface area contributed by atoms with Crippen molar-refractivity contribution in [2.45, 2.75) is 26.3 Å². The summed E-state index contributed by atoms with van der Waals surface area (Å²) in [7, 11) is 2.05. The zero-order chi connectivity index (χ0) is 13.7. The van der Waals surface area contributed by atoms with Crippen molar-refractivity contribution in [3.8, 4) is 0 Å². The van der Waals surface area contributed by atoms with Crippen LogP contribution in [0.2, 0.25) is 0 Å². The second-order valence-corrected chi connectivity index (χ2v) is 5.70. The molecule has 4 heteroatoms. The average Bonchev–Trinajstić information content (AvgIpc) is 3.00. The second kappa shape index (κ2) is 6.68. The topological polar surface area (TPSA) is 33.5 Å². The van der Waals surface area contributed by atoms with E-state index in [0.29, 0.717) is 6.42 Å². The van der Waals surface area contributed by atoms with Gasteiger partial charge in [-0.1, -0.05) is 6.07 Å². The Morgan fingerprint density at radius 1 is 1.37 bits per heavy atom. The molecule has 102 valence electrons. The van der Waals surface area contributed by atoms with Gasteiger partial charge in [-0.15, -0.1) is 11.3 Å². The Kier molecular flexibility index (Phi) is 4.93. The Hall–Kier alpha value is -1.39. The summed E-state index contributed by atoms with van der Waals surface area (Å²) in [5.74, 6) is 2.16. The number of carbonyl (C=O) groups is 1. The molecule has 2 heterocycles.